The van der Waals surface area contributed by atoms with E-state index in [-0.39, 0.29) is 11.6 Å². The van der Waals surface area contributed by atoms with Crippen LogP contribution in [0.1, 0.15) is 24.8 Å². The van der Waals surface area contributed by atoms with Crippen molar-refractivity contribution in [2.75, 3.05) is 6.61 Å². The van der Waals surface area contributed by atoms with Crippen molar-refractivity contribution < 1.29 is 28.9 Å². The van der Waals surface area contributed by atoms with Crippen LogP contribution in [0.4, 0.5) is 4.39 Å². The number of phenols is 1. The van der Waals surface area contributed by atoms with Gasteiger partial charge < -0.3 is 19.7 Å². The molecule has 1 atom stereocenters. The molecule has 0 aliphatic carbocycles. The molecule has 2 aromatic carbocycles. The molecule has 0 aliphatic rings. The molecule has 2 rings (SSSR count). The predicted octanol–water partition coefficient (Wildman–Crippen LogP) is 3.75. The van der Waals surface area contributed by atoms with Crippen LogP contribution in [-0.2, 0) is 16.1 Å². The number of rotatable bonds is 10. The van der Waals surface area contributed by atoms with Crippen molar-refractivity contribution in [3.05, 3.63) is 59.9 Å². The van der Waals surface area contributed by atoms with E-state index in [1.54, 1.807) is 12.1 Å². The molecule has 0 spiro atoms. The molecule has 6 heteroatoms. The highest BCUT2D eigenvalue weighted by molar-refractivity contribution is 5.72. The second-order valence-electron chi connectivity index (χ2n) is 5.61. The molecule has 5 nitrogen and oxygen atoms in total. The van der Waals surface area contributed by atoms with Crippen molar-refractivity contribution in [1.82, 2.24) is 0 Å². The average Bonchev–Trinajstić information content (AvgIpc) is 2.60. The van der Waals surface area contributed by atoms with Crippen LogP contribution in [0, 0.1) is 5.82 Å². The number of hydrogen-bond acceptors (Lipinski definition) is 4. The predicted molar refractivity (Wildman–Crippen MR) is 90.1 cm³/mol. The number of carboxylic acid groups (broad SMARTS) is 1. The first kappa shape index (κ1) is 18.7. The monoisotopic (exact) mass is 348 g/mol. The summed E-state index contributed by atoms with van der Waals surface area (Å²) < 4.78 is 23.7. The first-order chi connectivity index (χ1) is 12.0. The molecule has 25 heavy (non-hydrogen) atoms. The Morgan fingerprint density at radius 1 is 1.04 bits per heavy atom. The third-order valence-corrected chi connectivity index (χ3v) is 3.58. The molecular formula is C19H21FO5. The number of carbonyl (C=O) groups is 1. The Balaban J connectivity index is 1.66. The molecule has 0 fully saturated rings. The maximum absolute atomic E-state index is 12.8. The van der Waals surface area contributed by atoms with Crippen molar-refractivity contribution in [2.45, 2.75) is 32.0 Å². The number of unbranched alkanes of at least 4 members (excludes halogenated alkanes) is 1. The summed E-state index contributed by atoms with van der Waals surface area (Å²) in [5.41, 5.74) is 0.889. The van der Waals surface area contributed by atoms with Crippen molar-refractivity contribution in [3.8, 4) is 11.5 Å². The lowest BCUT2D eigenvalue weighted by Gasteiger charge is -2.15. The molecule has 0 heterocycles. The number of benzene rings is 2. The summed E-state index contributed by atoms with van der Waals surface area (Å²) in [6.45, 7) is 0.884. The van der Waals surface area contributed by atoms with Crippen LogP contribution in [0.25, 0.3) is 0 Å². The van der Waals surface area contributed by atoms with Gasteiger partial charge in [0, 0.05) is 6.61 Å². The van der Waals surface area contributed by atoms with Gasteiger partial charge in [0.1, 0.15) is 17.3 Å². The molecule has 1 unspecified atom stereocenters. The molecule has 0 amide bonds. The van der Waals surface area contributed by atoms with E-state index in [1.807, 2.05) is 0 Å². The van der Waals surface area contributed by atoms with Crippen LogP contribution in [0.15, 0.2) is 48.5 Å². The summed E-state index contributed by atoms with van der Waals surface area (Å²) in [6.07, 6.45) is 0.750. The van der Waals surface area contributed by atoms with Crippen molar-refractivity contribution >= 4 is 5.97 Å². The van der Waals surface area contributed by atoms with E-state index < -0.39 is 12.1 Å². The third-order valence-electron chi connectivity index (χ3n) is 3.58. The molecule has 0 aliphatic heterocycles. The Morgan fingerprint density at radius 2 is 1.72 bits per heavy atom. The minimum atomic E-state index is -1.03. The number of halogens is 1. The minimum absolute atomic E-state index is 0.0949. The van der Waals surface area contributed by atoms with Gasteiger partial charge in [0.15, 0.2) is 6.10 Å². The van der Waals surface area contributed by atoms with Crippen molar-refractivity contribution in [3.63, 3.8) is 0 Å². The van der Waals surface area contributed by atoms with Gasteiger partial charge in [0.05, 0.1) is 6.61 Å². The molecule has 0 saturated heterocycles. The number of aliphatic carboxylic acids is 1. The lowest BCUT2D eigenvalue weighted by molar-refractivity contribution is -0.145. The van der Waals surface area contributed by atoms with E-state index in [4.69, 9.17) is 9.47 Å². The van der Waals surface area contributed by atoms with Crippen molar-refractivity contribution in [2.24, 2.45) is 0 Å². The van der Waals surface area contributed by atoms with Gasteiger partial charge in [-0.1, -0.05) is 12.1 Å². The van der Waals surface area contributed by atoms with Crippen LogP contribution < -0.4 is 4.74 Å². The SMILES string of the molecule is O=C(O)C(CCCCOCc1ccc(F)cc1)Oc1ccc(O)cc1. The molecule has 134 valence electrons. The molecule has 2 N–H and O–H groups in total. The Kier molecular flexibility index (Phi) is 7.22. The normalized spacial score (nSPS) is 11.9. The van der Waals surface area contributed by atoms with Gasteiger partial charge in [0.2, 0.25) is 0 Å². The van der Waals surface area contributed by atoms with Crippen LogP contribution in [0.5, 0.6) is 11.5 Å². The Bertz CT molecular complexity index is 655. The topological polar surface area (TPSA) is 76.0 Å². The average molecular weight is 348 g/mol. The van der Waals surface area contributed by atoms with Gasteiger partial charge >= 0.3 is 5.97 Å². The van der Waals surface area contributed by atoms with Gasteiger partial charge in [-0.25, -0.2) is 9.18 Å². The lowest BCUT2D eigenvalue weighted by Crippen LogP contribution is -2.27. The highest BCUT2D eigenvalue weighted by Crippen LogP contribution is 2.19. The van der Waals surface area contributed by atoms with Crippen LogP contribution in [-0.4, -0.2) is 28.9 Å². The first-order valence-corrected chi connectivity index (χ1v) is 8.05. The smallest absolute Gasteiger partial charge is 0.344 e. The zero-order valence-electron chi connectivity index (χ0n) is 13.7. The van der Waals surface area contributed by atoms with Gasteiger partial charge in [-0.3, -0.25) is 0 Å². The zero-order valence-corrected chi connectivity index (χ0v) is 13.7. The molecule has 0 radical (unpaired) electrons. The second kappa shape index (κ2) is 9.64. The highest BCUT2D eigenvalue weighted by atomic mass is 19.1. The number of hydrogen-bond donors (Lipinski definition) is 2. The Labute approximate surface area is 145 Å². The number of ether oxygens (including phenoxy) is 2. The van der Waals surface area contributed by atoms with E-state index in [1.165, 1.54) is 36.4 Å². The molecule has 0 bridgehead atoms. The molecular weight excluding hydrogens is 327 g/mol. The second-order valence-corrected chi connectivity index (χ2v) is 5.61. The standard InChI is InChI=1S/C19H21FO5/c20-15-6-4-14(5-7-15)13-24-12-2-1-3-18(19(22)23)25-17-10-8-16(21)9-11-17/h4-11,18,21H,1-3,12-13H2,(H,22,23). The largest absolute Gasteiger partial charge is 0.508 e. The summed E-state index contributed by atoms with van der Waals surface area (Å²) >= 11 is 0. The Hall–Kier alpha value is -2.60. The summed E-state index contributed by atoms with van der Waals surface area (Å²) in [7, 11) is 0. The quantitative estimate of drug-likeness (QED) is 0.640. The van der Waals surface area contributed by atoms with E-state index >= 15 is 0 Å². The summed E-state index contributed by atoms with van der Waals surface area (Å²) in [6, 6.07) is 12.0. The number of carboxylic acids is 1. The van der Waals surface area contributed by atoms with Crippen LogP contribution in [0.3, 0.4) is 0 Å². The van der Waals surface area contributed by atoms with Crippen LogP contribution >= 0.6 is 0 Å². The maximum Gasteiger partial charge on any atom is 0.344 e. The fraction of sp³-hybridized carbons (Fsp3) is 0.316. The van der Waals surface area contributed by atoms with E-state index in [0.717, 1.165) is 5.56 Å². The first-order valence-electron chi connectivity index (χ1n) is 8.05. The lowest BCUT2D eigenvalue weighted by atomic mass is 10.1. The molecule has 2 aromatic rings. The van der Waals surface area contributed by atoms with E-state index in [9.17, 15) is 19.4 Å². The summed E-state index contributed by atoms with van der Waals surface area (Å²) in [5.74, 6) is -0.812. The van der Waals surface area contributed by atoms with Gasteiger partial charge in [-0.05, 0) is 61.2 Å². The molecule has 0 saturated carbocycles. The number of phenolic OH excluding ortho intramolecular Hbond substituents is 1. The van der Waals surface area contributed by atoms with Gasteiger partial charge in [0.25, 0.3) is 0 Å². The highest BCUT2D eigenvalue weighted by Gasteiger charge is 2.18. The Morgan fingerprint density at radius 3 is 2.36 bits per heavy atom. The fourth-order valence-corrected chi connectivity index (χ4v) is 2.23. The van der Waals surface area contributed by atoms with Crippen molar-refractivity contribution in [1.29, 1.82) is 0 Å². The number of aromatic hydroxyl groups is 1. The zero-order chi connectivity index (χ0) is 18.1. The van der Waals surface area contributed by atoms with Crippen LogP contribution in [0.2, 0.25) is 0 Å². The van der Waals surface area contributed by atoms with E-state index in [2.05, 4.69) is 0 Å². The third kappa shape index (κ3) is 6.81. The summed E-state index contributed by atoms with van der Waals surface area (Å²) in [4.78, 5) is 11.3. The summed E-state index contributed by atoms with van der Waals surface area (Å²) in [5, 5.41) is 18.4. The van der Waals surface area contributed by atoms with Gasteiger partial charge in [-0.2, -0.15) is 0 Å². The minimum Gasteiger partial charge on any atom is -0.508 e. The fourth-order valence-electron chi connectivity index (χ4n) is 2.23. The van der Waals surface area contributed by atoms with E-state index in [0.29, 0.717) is 38.2 Å². The van der Waals surface area contributed by atoms with Gasteiger partial charge in [-0.15, -0.1) is 0 Å². The maximum atomic E-state index is 12.8. The molecule has 0 aromatic heterocycles.